The van der Waals surface area contributed by atoms with Crippen LogP contribution in [-0.2, 0) is 9.53 Å². The minimum absolute atomic E-state index is 0.171. The van der Waals surface area contributed by atoms with E-state index in [9.17, 15) is 4.79 Å². The Labute approximate surface area is 139 Å². The molecule has 4 rings (SSSR count). The second kappa shape index (κ2) is 6.69. The molecule has 0 aromatic carbocycles. The zero-order chi connectivity index (χ0) is 15.8. The van der Waals surface area contributed by atoms with Crippen LogP contribution >= 0.6 is 0 Å². The maximum atomic E-state index is 12.7. The molecular weight excluding hydrogens is 290 g/mol. The Morgan fingerprint density at radius 1 is 1.00 bits per heavy atom. The molecule has 0 aromatic heterocycles. The van der Waals surface area contributed by atoms with Crippen LogP contribution in [0.25, 0.3) is 0 Å². The highest BCUT2D eigenvalue weighted by Crippen LogP contribution is 2.46. The summed E-state index contributed by atoms with van der Waals surface area (Å²) in [5.41, 5.74) is 6.27. The zero-order valence-electron chi connectivity index (χ0n) is 14.2. The molecule has 23 heavy (non-hydrogen) atoms. The lowest BCUT2D eigenvalue weighted by Crippen LogP contribution is -2.57. The van der Waals surface area contributed by atoms with Gasteiger partial charge in [0.15, 0.2) is 0 Å². The molecule has 0 radical (unpaired) electrons. The van der Waals surface area contributed by atoms with Crippen molar-refractivity contribution in [1.82, 2.24) is 9.80 Å². The fraction of sp³-hybridized carbons (Fsp3) is 0.944. The number of hydrogen-bond donors (Lipinski definition) is 1. The van der Waals surface area contributed by atoms with Gasteiger partial charge in [0.25, 0.3) is 0 Å². The number of carbonyl (C=O) groups is 1. The summed E-state index contributed by atoms with van der Waals surface area (Å²) < 4.78 is 5.38. The lowest BCUT2D eigenvalue weighted by molar-refractivity contribution is -0.137. The molecule has 2 N–H and O–H groups in total. The van der Waals surface area contributed by atoms with Crippen molar-refractivity contribution in [3.8, 4) is 0 Å². The van der Waals surface area contributed by atoms with Gasteiger partial charge in [-0.05, 0) is 49.9 Å². The maximum Gasteiger partial charge on any atom is 0.239 e. The Bertz CT molecular complexity index is 430. The second-order valence-corrected chi connectivity index (χ2v) is 8.08. The summed E-state index contributed by atoms with van der Waals surface area (Å²) in [5.74, 6) is 2.41. The quantitative estimate of drug-likeness (QED) is 0.845. The molecule has 2 heterocycles. The summed E-state index contributed by atoms with van der Waals surface area (Å²) in [6, 6.07) is 0.475. The SMILES string of the molecule is NC(C(=O)N1CCN(C2CC3CCC2C3)CC1)C1CCOCC1. The van der Waals surface area contributed by atoms with Gasteiger partial charge in [-0.2, -0.15) is 0 Å². The Kier molecular flexibility index (Phi) is 4.61. The maximum absolute atomic E-state index is 12.7. The molecule has 2 aliphatic heterocycles. The van der Waals surface area contributed by atoms with Crippen LogP contribution in [0, 0.1) is 17.8 Å². The molecule has 0 aromatic rings. The van der Waals surface area contributed by atoms with Crippen LogP contribution in [0.4, 0.5) is 0 Å². The largest absolute Gasteiger partial charge is 0.381 e. The summed E-state index contributed by atoms with van der Waals surface area (Å²) in [6.45, 7) is 5.32. The van der Waals surface area contributed by atoms with Crippen molar-refractivity contribution >= 4 is 5.91 Å². The van der Waals surface area contributed by atoms with E-state index < -0.39 is 0 Å². The van der Waals surface area contributed by atoms with Crippen LogP contribution in [0.1, 0.15) is 38.5 Å². The van der Waals surface area contributed by atoms with Crippen molar-refractivity contribution in [2.75, 3.05) is 39.4 Å². The predicted octanol–water partition coefficient (Wildman–Crippen LogP) is 1.07. The van der Waals surface area contributed by atoms with E-state index in [1.165, 1.54) is 25.7 Å². The van der Waals surface area contributed by atoms with Gasteiger partial charge in [-0.1, -0.05) is 6.42 Å². The molecular formula is C18H31N3O2. The van der Waals surface area contributed by atoms with Crippen LogP contribution in [0.5, 0.6) is 0 Å². The van der Waals surface area contributed by atoms with Gasteiger partial charge < -0.3 is 15.4 Å². The van der Waals surface area contributed by atoms with Gasteiger partial charge in [0.1, 0.15) is 0 Å². The molecule has 5 nitrogen and oxygen atoms in total. The number of carbonyl (C=O) groups excluding carboxylic acids is 1. The summed E-state index contributed by atoms with van der Waals surface area (Å²) in [7, 11) is 0. The first kappa shape index (κ1) is 15.9. The van der Waals surface area contributed by atoms with E-state index in [0.717, 1.165) is 70.1 Å². The number of hydrogen-bond acceptors (Lipinski definition) is 4. The molecule has 2 saturated heterocycles. The molecule has 4 unspecified atom stereocenters. The normalized spacial score (nSPS) is 37.3. The van der Waals surface area contributed by atoms with E-state index in [1.54, 1.807) is 0 Å². The number of ether oxygens (including phenoxy) is 1. The molecule has 0 spiro atoms. The Morgan fingerprint density at radius 2 is 1.74 bits per heavy atom. The fourth-order valence-corrected chi connectivity index (χ4v) is 5.42. The second-order valence-electron chi connectivity index (χ2n) is 8.08. The van der Waals surface area contributed by atoms with Crippen LogP contribution in [0.2, 0.25) is 0 Å². The van der Waals surface area contributed by atoms with Gasteiger partial charge in [-0.3, -0.25) is 9.69 Å². The van der Waals surface area contributed by atoms with Crippen molar-refractivity contribution in [2.24, 2.45) is 23.5 Å². The van der Waals surface area contributed by atoms with Crippen LogP contribution in [-0.4, -0.2) is 67.2 Å². The molecule has 4 fully saturated rings. The number of amides is 1. The number of nitrogens with two attached hydrogens (primary N) is 1. The third kappa shape index (κ3) is 3.15. The molecule has 1 amide bonds. The summed E-state index contributed by atoms with van der Waals surface area (Å²) >= 11 is 0. The Morgan fingerprint density at radius 3 is 2.35 bits per heavy atom. The van der Waals surface area contributed by atoms with E-state index >= 15 is 0 Å². The lowest BCUT2D eigenvalue weighted by Gasteiger charge is -2.42. The van der Waals surface area contributed by atoms with E-state index in [1.807, 2.05) is 4.90 Å². The predicted molar refractivity (Wildman–Crippen MR) is 88.9 cm³/mol. The number of piperazine rings is 1. The van der Waals surface area contributed by atoms with Crippen LogP contribution in [0.15, 0.2) is 0 Å². The average Bonchev–Trinajstić information content (AvgIpc) is 3.25. The minimum Gasteiger partial charge on any atom is -0.381 e. The van der Waals surface area contributed by atoms with Crippen molar-refractivity contribution in [1.29, 1.82) is 0 Å². The van der Waals surface area contributed by atoms with E-state index in [4.69, 9.17) is 10.5 Å². The van der Waals surface area contributed by atoms with Gasteiger partial charge in [0.05, 0.1) is 6.04 Å². The molecule has 4 aliphatic rings. The van der Waals surface area contributed by atoms with E-state index in [2.05, 4.69) is 4.90 Å². The Hall–Kier alpha value is -0.650. The highest BCUT2D eigenvalue weighted by molar-refractivity contribution is 5.82. The van der Waals surface area contributed by atoms with Crippen molar-refractivity contribution in [2.45, 2.75) is 50.6 Å². The monoisotopic (exact) mass is 321 g/mol. The van der Waals surface area contributed by atoms with Crippen LogP contribution in [0.3, 0.4) is 0 Å². The van der Waals surface area contributed by atoms with Gasteiger partial charge >= 0.3 is 0 Å². The Balaban J connectivity index is 1.28. The molecule has 130 valence electrons. The third-order valence-corrected chi connectivity index (χ3v) is 6.85. The van der Waals surface area contributed by atoms with Gasteiger partial charge in [0, 0.05) is 45.4 Å². The summed E-state index contributed by atoms with van der Waals surface area (Å²) in [4.78, 5) is 17.4. The summed E-state index contributed by atoms with van der Waals surface area (Å²) in [6.07, 6.45) is 7.61. The van der Waals surface area contributed by atoms with Crippen LogP contribution < -0.4 is 5.73 Å². The third-order valence-electron chi connectivity index (χ3n) is 6.85. The van der Waals surface area contributed by atoms with Crippen molar-refractivity contribution in [3.63, 3.8) is 0 Å². The molecule has 2 aliphatic carbocycles. The highest BCUT2D eigenvalue weighted by atomic mass is 16.5. The molecule has 2 saturated carbocycles. The minimum atomic E-state index is -0.326. The smallest absolute Gasteiger partial charge is 0.239 e. The number of nitrogens with zero attached hydrogens (tertiary/aromatic N) is 2. The first-order chi connectivity index (χ1) is 11.2. The zero-order valence-corrected chi connectivity index (χ0v) is 14.2. The van der Waals surface area contributed by atoms with Gasteiger partial charge in [-0.25, -0.2) is 0 Å². The fourth-order valence-electron chi connectivity index (χ4n) is 5.42. The number of rotatable bonds is 3. The van der Waals surface area contributed by atoms with Gasteiger partial charge in [0.2, 0.25) is 5.91 Å². The van der Waals surface area contributed by atoms with E-state index in [0.29, 0.717) is 5.92 Å². The topological polar surface area (TPSA) is 58.8 Å². The first-order valence-electron chi connectivity index (χ1n) is 9.58. The van der Waals surface area contributed by atoms with Gasteiger partial charge in [-0.15, -0.1) is 0 Å². The van der Waals surface area contributed by atoms with E-state index in [-0.39, 0.29) is 11.9 Å². The lowest BCUT2D eigenvalue weighted by atomic mass is 9.91. The van der Waals surface area contributed by atoms with Crippen molar-refractivity contribution in [3.05, 3.63) is 0 Å². The summed E-state index contributed by atoms with van der Waals surface area (Å²) in [5, 5.41) is 0. The number of fused-ring (bicyclic) bond motifs is 2. The standard InChI is InChI=1S/C18H31N3O2/c19-17(14-3-9-23-10-4-14)18(22)21-7-5-20(6-8-21)16-12-13-1-2-15(16)11-13/h13-17H,1-12,19H2. The molecule has 4 atom stereocenters. The van der Waals surface area contributed by atoms with Crippen molar-refractivity contribution < 1.29 is 9.53 Å². The highest BCUT2D eigenvalue weighted by Gasteiger charge is 2.43. The average molecular weight is 321 g/mol. The molecule has 2 bridgehead atoms. The first-order valence-corrected chi connectivity index (χ1v) is 9.58. The molecule has 5 heteroatoms.